The smallest absolute Gasteiger partial charge is 0.227 e. The minimum Gasteiger partial charge on any atom is -0.352 e. The van der Waals surface area contributed by atoms with Crippen molar-refractivity contribution in [3.63, 3.8) is 0 Å². The van der Waals surface area contributed by atoms with Gasteiger partial charge in [-0.25, -0.2) is 0 Å². The third kappa shape index (κ3) is 2.56. The van der Waals surface area contributed by atoms with Crippen LogP contribution in [0.5, 0.6) is 0 Å². The molecule has 18 heavy (non-hydrogen) atoms. The Morgan fingerprint density at radius 3 is 2.61 bits per heavy atom. The van der Waals surface area contributed by atoms with Crippen LogP contribution in [0.15, 0.2) is 0 Å². The Labute approximate surface area is 111 Å². The summed E-state index contributed by atoms with van der Waals surface area (Å²) in [5, 5.41) is 6.74. The van der Waals surface area contributed by atoms with Gasteiger partial charge in [-0.05, 0) is 44.1 Å². The molecule has 3 heteroatoms. The van der Waals surface area contributed by atoms with Gasteiger partial charge in [0.1, 0.15) is 0 Å². The van der Waals surface area contributed by atoms with Crippen molar-refractivity contribution in [2.75, 3.05) is 13.1 Å². The Hall–Kier alpha value is -0.570. The molecular weight excluding hydrogens is 224 g/mol. The molecule has 0 radical (unpaired) electrons. The lowest BCUT2D eigenvalue weighted by Gasteiger charge is -2.38. The van der Waals surface area contributed by atoms with Crippen LogP contribution in [0, 0.1) is 10.8 Å². The number of hydrogen-bond acceptors (Lipinski definition) is 2. The largest absolute Gasteiger partial charge is 0.352 e. The van der Waals surface area contributed by atoms with Crippen molar-refractivity contribution in [1.29, 1.82) is 0 Å². The molecule has 2 unspecified atom stereocenters. The molecule has 1 aliphatic heterocycles. The van der Waals surface area contributed by atoms with E-state index in [-0.39, 0.29) is 16.7 Å². The standard InChI is InChI=1S/C15H28N2O/c1-4-15(9-6-10-16-11-15)13(18)17-12-7-5-8-14(12,2)3/h12,16H,4-11H2,1-3H3,(H,17,18). The van der Waals surface area contributed by atoms with Crippen molar-refractivity contribution in [2.24, 2.45) is 10.8 Å². The number of rotatable bonds is 3. The molecule has 0 spiro atoms. The molecule has 1 saturated heterocycles. The van der Waals surface area contributed by atoms with Crippen LogP contribution in [-0.4, -0.2) is 25.0 Å². The van der Waals surface area contributed by atoms with E-state index in [9.17, 15) is 4.79 Å². The summed E-state index contributed by atoms with van der Waals surface area (Å²) in [6, 6.07) is 0.371. The second-order valence-electron chi connectivity index (χ2n) is 6.82. The summed E-state index contributed by atoms with van der Waals surface area (Å²) >= 11 is 0. The molecular formula is C15H28N2O. The molecule has 0 bridgehead atoms. The molecule has 2 rings (SSSR count). The highest BCUT2D eigenvalue weighted by Crippen LogP contribution is 2.38. The second kappa shape index (κ2) is 5.20. The Kier molecular flexibility index (Phi) is 4.00. The van der Waals surface area contributed by atoms with Crippen LogP contribution in [0.2, 0.25) is 0 Å². The summed E-state index contributed by atoms with van der Waals surface area (Å²) in [6.45, 7) is 8.62. The summed E-state index contributed by atoms with van der Waals surface area (Å²) < 4.78 is 0. The highest BCUT2D eigenvalue weighted by Gasteiger charge is 2.42. The van der Waals surface area contributed by atoms with E-state index >= 15 is 0 Å². The van der Waals surface area contributed by atoms with E-state index in [0.29, 0.717) is 6.04 Å². The van der Waals surface area contributed by atoms with Gasteiger partial charge < -0.3 is 10.6 Å². The van der Waals surface area contributed by atoms with Gasteiger partial charge in [-0.15, -0.1) is 0 Å². The van der Waals surface area contributed by atoms with Crippen LogP contribution in [0.4, 0.5) is 0 Å². The van der Waals surface area contributed by atoms with Gasteiger partial charge in [-0.1, -0.05) is 27.2 Å². The van der Waals surface area contributed by atoms with E-state index in [1.165, 1.54) is 12.8 Å². The normalized spacial score (nSPS) is 35.4. The van der Waals surface area contributed by atoms with Crippen molar-refractivity contribution in [2.45, 2.75) is 65.3 Å². The number of amides is 1. The monoisotopic (exact) mass is 252 g/mol. The van der Waals surface area contributed by atoms with Crippen LogP contribution in [-0.2, 0) is 4.79 Å². The van der Waals surface area contributed by atoms with Crippen molar-refractivity contribution < 1.29 is 4.79 Å². The van der Waals surface area contributed by atoms with E-state index in [1.54, 1.807) is 0 Å². The maximum Gasteiger partial charge on any atom is 0.227 e. The lowest BCUT2D eigenvalue weighted by atomic mass is 9.76. The Morgan fingerprint density at radius 2 is 2.11 bits per heavy atom. The molecule has 2 atom stereocenters. The molecule has 104 valence electrons. The van der Waals surface area contributed by atoms with Gasteiger partial charge >= 0.3 is 0 Å². The predicted octanol–water partition coefficient (Wildman–Crippen LogP) is 2.46. The SMILES string of the molecule is CCC1(C(=O)NC2CCCC2(C)C)CCCNC1. The first kappa shape index (κ1) is 13.9. The zero-order valence-corrected chi connectivity index (χ0v) is 12.1. The second-order valence-corrected chi connectivity index (χ2v) is 6.82. The van der Waals surface area contributed by atoms with Crippen LogP contribution in [0.25, 0.3) is 0 Å². The van der Waals surface area contributed by atoms with E-state index in [0.717, 1.165) is 38.8 Å². The molecule has 2 aliphatic rings. The van der Waals surface area contributed by atoms with Crippen molar-refractivity contribution in [3.05, 3.63) is 0 Å². The molecule has 1 amide bonds. The van der Waals surface area contributed by atoms with Crippen LogP contribution in [0.1, 0.15) is 59.3 Å². The van der Waals surface area contributed by atoms with E-state index in [2.05, 4.69) is 31.4 Å². The fraction of sp³-hybridized carbons (Fsp3) is 0.933. The Balaban J connectivity index is 2.01. The molecule has 0 aromatic heterocycles. The zero-order chi connectivity index (χ0) is 13.2. The minimum absolute atomic E-state index is 0.156. The zero-order valence-electron chi connectivity index (χ0n) is 12.1. The number of hydrogen-bond donors (Lipinski definition) is 2. The quantitative estimate of drug-likeness (QED) is 0.810. The summed E-state index contributed by atoms with van der Waals surface area (Å²) in [5.74, 6) is 0.289. The molecule has 1 aliphatic carbocycles. The summed E-state index contributed by atoms with van der Waals surface area (Å²) in [6.07, 6.45) is 6.72. The third-order valence-corrected chi connectivity index (χ3v) is 5.19. The van der Waals surface area contributed by atoms with Gasteiger partial charge in [-0.2, -0.15) is 0 Å². The molecule has 1 saturated carbocycles. The molecule has 2 N–H and O–H groups in total. The van der Waals surface area contributed by atoms with Crippen molar-refractivity contribution >= 4 is 5.91 Å². The van der Waals surface area contributed by atoms with Gasteiger partial charge in [0.05, 0.1) is 5.41 Å². The molecule has 1 heterocycles. The number of carbonyl (C=O) groups excluding carboxylic acids is 1. The molecule has 3 nitrogen and oxygen atoms in total. The lowest BCUT2D eigenvalue weighted by molar-refractivity contribution is -0.133. The van der Waals surface area contributed by atoms with Gasteiger partial charge in [-0.3, -0.25) is 4.79 Å². The molecule has 0 aromatic carbocycles. The number of piperidine rings is 1. The number of carbonyl (C=O) groups is 1. The van der Waals surface area contributed by atoms with E-state index in [1.807, 2.05) is 0 Å². The van der Waals surface area contributed by atoms with E-state index < -0.39 is 0 Å². The lowest BCUT2D eigenvalue weighted by Crippen LogP contribution is -2.54. The Bertz CT molecular complexity index is 306. The first-order valence-electron chi connectivity index (χ1n) is 7.52. The van der Waals surface area contributed by atoms with Crippen LogP contribution < -0.4 is 10.6 Å². The number of nitrogens with one attached hydrogen (secondary N) is 2. The van der Waals surface area contributed by atoms with Gasteiger partial charge in [0.25, 0.3) is 0 Å². The average molecular weight is 252 g/mol. The first-order chi connectivity index (χ1) is 8.50. The van der Waals surface area contributed by atoms with Crippen molar-refractivity contribution in [3.8, 4) is 0 Å². The maximum absolute atomic E-state index is 12.6. The van der Waals surface area contributed by atoms with Crippen molar-refractivity contribution in [1.82, 2.24) is 10.6 Å². The highest BCUT2D eigenvalue weighted by molar-refractivity contribution is 5.83. The van der Waals surface area contributed by atoms with Crippen LogP contribution in [0.3, 0.4) is 0 Å². The fourth-order valence-corrected chi connectivity index (χ4v) is 3.53. The van der Waals surface area contributed by atoms with Crippen LogP contribution >= 0.6 is 0 Å². The average Bonchev–Trinajstić information content (AvgIpc) is 2.69. The predicted molar refractivity (Wildman–Crippen MR) is 74.4 cm³/mol. The highest BCUT2D eigenvalue weighted by atomic mass is 16.2. The first-order valence-corrected chi connectivity index (χ1v) is 7.52. The fourth-order valence-electron chi connectivity index (χ4n) is 3.53. The molecule has 0 aromatic rings. The summed E-state index contributed by atoms with van der Waals surface area (Å²) in [5.41, 5.74) is 0.115. The topological polar surface area (TPSA) is 41.1 Å². The van der Waals surface area contributed by atoms with E-state index in [4.69, 9.17) is 0 Å². The van der Waals surface area contributed by atoms with Gasteiger partial charge in [0.15, 0.2) is 0 Å². The maximum atomic E-state index is 12.6. The summed E-state index contributed by atoms with van der Waals surface area (Å²) in [4.78, 5) is 12.6. The van der Waals surface area contributed by atoms with Gasteiger partial charge in [0, 0.05) is 12.6 Å². The summed E-state index contributed by atoms with van der Waals surface area (Å²) in [7, 11) is 0. The molecule has 2 fully saturated rings. The minimum atomic E-state index is -0.156. The Morgan fingerprint density at radius 1 is 1.33 bits per heavy atom. The van der Waals surface area contributed by atoms with Gasteiger partial charge in [0.2, 0.25) is 5.91 Å². The third-order valence-electron chi connectivity index (χ3n) is 5.19.